The molecule has 1 rings (SSSR count). The minimum atomic E-state index is -0.544. The van der Waals surface area contributed by atoms with Gasteiger partial charge in [0.2, 0.25) is 0 Å². The Morgan fingerprint density at radius 3 is 2.47 bits per heavy atom. The van der Waals surface area contributed by atoms with E-state index in [1.54, 1.807) is 26.8 Å². The van der Waals surface area contributed by atoms with Gasteiger partial charge in [-0.3, -0.25) is 9.59 Å². The van der Waals surface area contributed by atoms with E-state index >= 15 is 0 Å². The van der Waals surface area contributed by atoms with Gasteiger partial charge in [0.25, 0.3) is 5.91 Å². The largest absolute Gasteiger partial charge is 0.459 e. The Kier molecular flexibility index (Phi) is 5.07. The van der Waals surface area contributed by atoms with Crippen LogP contribution in [0.5, 0.6) is 0 Å². The van der Waals surface area contributed by atoms with E-state index < -0.39 is 11.6 Å². The van der Waals surface area contributed by atoms with Gasteiger partial charge in [0.15, 0.2) is 0 Å². The SMILES string of the molecule is Cc1ccc(C(=O)NCC(=O)OC(C)(C)C)c(P)c1. The van der Waals surface area contributed by atoms with Gasteiger partial charge >= 0.3 is 5.97 Å². The molecular formula is C14H20NO3P. The van der Waals surface area contributed by atoms with Gasteiger partial charge in [-0.15, -0.1) is 9.24 Å². The summed E-state index contributed by atoms with van der Waals surface area (Å²) in [4.78, 5) is 23.4. The molecule has 0 bridgehead atoms. The fraction of sp³-hybridized carbons (Fsp3) is 0.429. The van der Waals surface area contributed by atoms with Crippen molar-refractivity contribution in [3.63, 3.8) is 0 Å². The van der Waals surface area contributed by atoms with Gasteiger partial charge < -0.3 is 10.1 Å². The maximum atomic E-state index is 11.9. The molecule has 0 aliphatic carbocycles. The van der Waals surface area contributed by atoms with Crippen molar-refractivity contribution in [3.05, 3.63) is 29.3 Å². The van der Waals surface area contributed by atoms with Crippen LogP contribution in [0.2, 0.25) is 0 Å². The highest BCUT2D eigenvalue weighted by atomic mass is 31.0. The van der Waals surface area contributed by atoms with Crippen LogP contribution >= 0.6 is 9.24 Å². The monoisotopic (exact) mass is 281 g/mol. The van der Waals surface area contributed by atoms with Crippen LogP contribution in [-0.2, 0) is 9.53 Å². The third-order valence-corrected chi connectivity index (χ3v) is 2.74. The number of nitrogens with one attached hydrogen (secondary N) is 1. The number of aryl methyl sites for hydroxylation is 1. The lowest BCUT2D eigenvalue weighted by Crippen LogP contribution is -2.35. The molecule has 19 heavy (non-hydrogen) atoms. The van der Waals surface area contributed by atoms with E-state index in [9.17, 15) is 9.59 Å². The summed E-state index contributed by atoms with van der Waals surface area (Å²) in [5, 5.41) is 3.36. The smallest absolute Gasteiger partial charge is 0.325 e. The minimum absolute atomic E-state index is 0.131. The quantitative estimate of drug-likeness (QED) is 0.676. The normalized spacial score (nSPS) is 11.0. The molecule has 0 saturated carbocycles. The number of amides is 1. The molecule has 1 aromatic carbocycles. The van der Waals surface area contributed by atoms with E-state index in [0.29, 0.717) is 5.56 Å². The van der Waals surface area contributed by atoms with Gasteiger partial charge in [-0.1, -0.05) is 17.7 Å². The number of carbonyl (C=O) groups excluding carboxylic acids is 2. The molecule has 4 nitrogen and oxygen atoms in total. The van der Waals surface area contributed by atoms with E-state index in [1.807, 2.05) is 19.1 Å². The zero-order valence-corrected chi connectivity index (χ0v) is 12.9. The number of hydrogen-bond acceptors (Lipinski definition) is 3. The lowest BCUT2D eigenvalue weighted by Gasteiger charge is -2.19. The molecule has 0 aliphatic rings. The predicted molar refractivity (Wildman–Crippen MR) is 78.7 cm³/mol. The Morgan fingerprint density at radius 1 is 1.32 bits per heavy atom. The van der Waals surface area contributed by atoms with E-state index in [0.717, 1.165) is 10.9 Å². The maximum Gasteiger partial charge on any atom is 0.325 e. The van der Waals surface area contributed by atoms with Crippen molar-refractivity contribution in [3.8, 4) is 0 Å². The van der Waals surface area contributed by atoms with Crippen LogP contribution < -0.4 is 10.6 Å². The molecule has 0 radical (unpaired) electrons. The molecule has 0 heterocycles. The van der Waals surface area contributed by atoms with Crippen molar-refractivity contribution >= 4 is 26.4 Å². The number of esters is 1. The van der Waals surface area contributed by atoms with Gasteiger partial charge in [0.1, 0.15) is 12.1 Å². The standard InChI is InChI=1S/C14H20NO3P/c1-9-5-6-10(11(19)7-9)13(17)15-8-12(16)18-14(2,3)4/h5-7H,8,19H2,1-4H3,(H,15,17). The first-order chi connectivity index (χ1) is 8.69. The molecular weight excluding hydrogens is 261 g/mol. The topological polar surface area (TPSA) is 55.4 Å². The van der Waals surface area contributed by atoms with Crippen molar-refractivity contribution in [2.45, 2.75) is 33.3 Å². The lowest BCUT2D eigenvalue weighted by molar-refractivity contribution is -0.153. The van der Waals surface area contributed by atoms with E-state index in [1.165, 1.54) is 0 Å². The zero-order valence-electron chi connectivity index (χ0n) is 11.7. The van der Waals surface area contributed by atoms with Gasteiger partial charge in [-0.05, 0) is 39.1 Å². The summed E-state index contributed by atoms with van der Waals surface area (Å²) in [6.45, 7) is 7.18. The molecule has 0 aliphatic heterocycles. The van der Waals surface area contributed by atoms with Crippen molar-refractivity contribution in [2.24, 2.45) is 0 Å². The van der Waals surface area contributed by atoms with Gasteiger partial charge in [-0.2, -0.15) is 0 Å². The Balaban J connectivity index is 2.59. The first-order valence-corrected chi connectivity index (χ1v) is 6.63. The molecule has 0 fully saturated rings. The molecule has 104 valence electrons. The van der Waals surface area contributed by atoms with E-state index in [-0.39, 0.29) is 12.5 Å². The number of ether oxygens (including phenoxy) is 1. The zero-order chi connectivity index (χ0) is 14.6. The third kappa shape index (κ3) is 5.39. The van der Waals surface area contributed by atoms with Crippen molar-refractivity contribution in [1.82, 2.24) is 5.32 Å². The highest BCUT2D eigenvalue weighted by Crippen LogP contribution is 2.07. The summed E-state index contributed by atoms with van der Waals surface area (Å²) in [5.74, 6) is -0.728. The van der Waals surface area contributed by atoms with Crippen LogP contribution in [-0.4, -0.2) is 24.0 Å². The third-order valence-electron chi connectivity index (χ3n) is 2.26. The van der Waals surface area contributed by atoms with E-state index in [4.69, 9.17) is 4.74 Å². The van der Waals surface area contributed by atoms with Gasteiger partial charge in [0.05, 0.1) is 0 Å². The molecule has 0 aromatic heterocycles. The summed E-state index contributed by atoms with van der Waals surface area (Å²) < 4.78 is 5.11. The first-order valence-electron chi connectivity index (χ1n) is 6.05. The molecule has 1 atom stereocenters. The van der Waals surface area contributed by atoms with Crippen molar-refractivity contribution < 1.29 is 14.3 Å². The van der Waals surface area contributed by atoms with Gasteiger partial charge in [0, 0.05) is 5.56 Å². The fourth-order valence-corrected chi connectivity index (χ4v) is 2.00. The molecule has 5 heteroatoms. The van der Waals surface area contributed by atoms with Crippen LogP contribution in [0.3, 0.4) is 0 Å². The minimum Gasteiger partial charge on any atom is -0.459 e. The number of hydrogen-bond donors (Lipinski definition) is 1. The second kappa shape index (κ2) is 6.16. The van der Waals surface area contributed by atoms with Crippen LogP contribution in [0.25, 0.3) is 0 Å². The second-order valence-corrected chi connectivity index (χ2v) is 5.98. The van der Waals surface area contributed by atoms with Crippen LogP contribution in [0.4, 0.5) is 0 Å². The van der Waals surface area contributed by atoms with E-state index in [2.05, 4.69) is 14.6 Å². The summed E-state index contributed by atoms with van der Waals surface area (Å²) in [6, 6.07) is 5.49. The van der Waals surface area contributed by atoms with Crippen LogP contribution in [0.1, 0.15) is 36.7 Å². The Labute approximate surface area is 116 Å². The highest BCUT2D eigenvalue weighted by Gasteiger charge is 2.17. The lowest BCUT2D eigenvalue weighted by atomic mass is 10.1. The van der Waals surface area contributed by atoms with Crippen molar-refractivity contribution in [2.75, 3.05) is 6.54 Å². The average molecular weight is 281 g/mol. The molecule has 1 unspecified atom stereocenters. The molecule has 1 amide bonds. The summed E-state index contributed by atoms with van der Waals surface area (Å²) in [7, 11) is 2.52. The summed E-state index contributed by atoms with van der Waals surface area (Å²) in [6.07, 6.45) is 0. The maximum absolute atomic E-state index is 11.9. The summed E-state index contributed by atoms with van der Waals surface area (Å²) in [5.41, 5.74) is 1.07. The number of benzene rings is 1. The molecule has 1 N–H and O–H groups in total. The average Bonchev–Trinajstić information content (AvgIpc) is 2.23. The Bertz CT molecular complexity index is 492. The Morgan fingerprint density at radius 2 is 1.95 bits per heavy atom. The fourth-order valence-electron chi connectivity index (χ4n) is 1.51. The number of rotatable bonds is 3. The molecule has 0 spiro atoms. The summed E-state index contributed by atoms with van der Waals surface area (Å²) >= 11 is 0. The van der Waals surface area contributed by atoms with Crippen LogP contribution in [0, 0.1) is 6.92 Å². The predicted octanol–water partition coefficient (Wildman–Crippen LogP) is 1.57. The highest BCUT2D eigenvalue weighted by molar-refractivity contribution is 7.27. The van der Waals surface area contributed by atoms with Gasteiger partial charge in [-0.25, -0.2) is 0 Å². The second-order valence-electron chi connectivity index (χ2n) is 5.36. The number of carbonyl (C=O) groups is 2. The van der Waals surface area contributed by atoms with Crippen LogP contribution in [0.15, 0.2) is 18.2 Å². The molecule has 0 saturated heterocycles. The Hall–Kier alpha value is -1.41. The first kappa shape index (κ1) is 15.6. The van der Waals surface area contributed by atoms with Crippen molar-refractivity contribution in [1.29, 1.82) is 0 Å². The molecule has 1 aromatic rings.